The Labute approximate surface area is 152 Å². The van der Waals surface area contributed by atoms with Crippen LogP contribution in [0.3, 0.4) is 0 Å². The molecule has 0 aromatic heterocycles. The molecule has 0 fully saturated rings. The number of hydrogen-bond acceptors (Lipinski definition) is 4. The number of fused-ring (bicyclic) bond motifs is 1. The van der Waals surface area contributed by atoms with Crippen LogP contribution in [-0.4, -0.2) is 36.3 Å². The summed E-state index contributed by atoms with van der Waals surface area (Å²) in [5, 5.41) is 2.73. The Bertz CT molecular complexity index is 849. The number of rotatable bonds is 5. The highest BCUT2D eigenvalue weighted by Gasteiger charge is 2.35. The van der Waals surface area contributed by atoms with Gasteiger partial charge in [0.1, 0.15) is 5.75 Å². The van der Waals surface area contributed by atoms with Gasteiger partial charge in [0, 0.05) is 23.1 Å². The third-order valence-corrected chi connectivity index (χ3v) is 4.36. The first-order valence-electron chi connectivity index (χ1n) is 7.59. The molecule has 0 aliphatic carbocycles. The van der Waals surface area contributed by atoms with Crippen molar-refractivity contribution in [2.45, 2.75) is 6.42 Å². The third-order valence-electron chi connectivity index (χ3n) is 3.87. The fourth-order valence-corrected chi connectivity index (χ4v) is 2.94. The maximum atomic E-state index is 12.3. The number of halogens is 1. The Morgan fingerprint density at radius 3 is 2.44 bits per heavy atom. The number of methoxy groups -OCH3 is 1. The Balaban J connectivity index is 1.61. The van der Waals surface area contributed by atoms with Crippen LogP contribution in [0.25, 0.3) is 0 Å². The second-order valence-corrected chi connectivity index (χ2v) is 6.39. The number of imide groups is 1. The molecule has 1 N–H and O–H groups in total. The minimum Gasteiger partial charge on any atom is -0.497 e. The largest absolute Gasteiger partial charge is 0.497 e. The summed E-state index contributed by atoms with van der Waals surface area (Å²) >= 11 is 3.29. The standard InChI is InChI=1S/C18H15BrN2O4/c1-25-13-5-3-12(4-6-13)20-16(22)8-9-21-17(23)14-7-2-11(19)10-15(14)18(21)24/h2-7,10H,8-9H2,1H3,(H,20,22). The number of benzene rings is 2. The van der Waals surface area contributed by atoms with E-state index in [4.69, 9.17) is 4.74 Å². The maximum absolute atomic E-state index is 12.3. The van der Waals surface area contributed by atoms with E-state index in [2.05, 4.69) is 21.2 Å². The monoisotopic (exact) mass is 402 g/mol. The maximum Gasteiger partial charge on any atom is 0.261 e. The van der Waals surface area contributed by atoms with Gasteiger partial charge in [0.25, 0.3) is 11.8 Å². The van der Waals surface area contributed by atoms with Gasteiger partial charge < -0.3 is 10.1 Å². The van der Waals surface area contributed by atoms with Crippen LogP contribution in [0.15, 0.2) is 46.9 Å². The van der Waals surface area contributed by atoms with E-state index in [0.717, 1.165) is 9.37 Å². The lowest BCUT2D eigenvalue weighted by atomic mass is 10.1. The van der Waals surface area contributed by atoms with Gasteiger partial charge in [0.05, 0.1) is 18.2 Å². The summed E-state index contributed by atoms with van der Waals surface area (Å²) in [7, 11) is 1.56. The number of anilines is 1. The highest BCUT2D eigenvalue weighted by atomic mass is 79.9. The summed E-state index contributed by atoms with van der Waals surface area (Å²) in [5.41, 5.74) is 1.34. The van der Waals surface area contributed by atoms with E-state index < -0.39 is 0 Å². The fraction of sp³-hybridized carbons (Fsp3) is 0.167. The lowest BCUT2D eigenvalue weighted by Gasteiger charge is -2.13. The molecule has 2 aromatic rings. The number of carbonyl (C=O) groups is 3. The lowest BCUT2D eigenvalue weighted by molar-refractivity contribution is -0.116. The second kappa shape index (κ2) is 7.06. The summed E-state index contributed by atoms with van der Waals surface area (Å²) in [5.74, 6) is -0.332. The smallest absolute Gasteiger partial charge is 0.261 e. The number of nitrogens with zero attached hydrogens (tertiary/aromatic N) is 1. The second-order valence-electron chi connectivity index (χ2n) is 5.48. The van der Waals surface area contributed by atoms with E-state index >= 15 is 0 Å². The lowest BCUT2D eigenvalue weighted by Crippen LogP contribution is -2.32. The van der Waals surface area contributed by atoms with Gasteiger partial charge in [-0.1, -0.05) is 15.9 Å². The van der Waals surface area contributed by atoms with Gasteiger partial charge >= 0.3 is 0 Å². The van der Waals surface area contributed by atoms with E-state index in [-0.39, 0.29) is 30.7 Å². The number of ether oxygens (including phenoxy) is 1. The van der Waals surface area contributed by atoms with Crippen LogP contribution in [0.1, 0.15) is 27.1 Å². The normalized spacial score (nSPS) is 13.0. The molecule has 25 heavy (non-hydrogen) atoms. The molecule has 1 aliphatic rings. The van der Waals surface area contributed by atoms with Gasteiger partial charge in [-0.25, -0.2) is 0 Å². The molecule has 128 valence electrons. The Morgan fingerprint density at radius 1 is 1.08 bits per heavy atom. The summed E-state index contributed by atoms with van der Waals surface area (Å²) < 4.78 is 5.78. The molecule has 0 atom stereocenters. The van der Waals surface area contributed by atoms with Gasteiger partial charge in [0.2, 0.25) is 5.91 Å². The van der Waals surface area contributed by atoms with Crippen molar-refractivity contribution in [3.8, 4) is 5.75 Å². The highest BCUT2D eigenvalue weighted by molar-refractivity contribution is 9.10. The molecule has 0 saturated carbocycles. The van der Waals surface area contributed by atoms with Crippen molar-refractivity contribution in [1.82, 2.24) is 4.90 Å². The first-order chi connectivity index (χ1) is 12.0. The van der Waals surface area contributed by atoms with E-state index in [1.54, 1.807) is 49.6 Å². The number of nitrogens with one attached hydrogen (secondary N) is 1. The first kappa shape index (κ1) is 17.2. The van der Waals surface area contributed by atoms with Crippen molar-refractivity contribution in [3.05, 3.63) is 58.1 Å². The average molecular weight is 403 g/mol. The summed E-state index contributed by atoms with van der Waals surface area (Å²) in [6, 6.07) is 11.8. The number of amides is 3. The molecule has 1 aliphatic heterocycles. The molecule has 0 bridgehead atoms. The Kier molecular flexibility index (Phi) is 4.85. The average Bonchev–Trinajstić information content (AvgIpc) is 2.84. The first-order valence-corrected chi connectivity index (χ1v) is 8.38. The molecule has 6 nitrogen and oxygen atoms in total. The zero-order chi connectivity index (χ0) is 18.0. The molecule has 2 aromatic carbocycles. The predicted octanol–water partition coefficient (Wildman–Crippen LogP) is 3.08. The topological polar surface area (TPSA) is 75.7 Å². The van der Waals surface area contributed by atoms with Crippen LogP contribution < -0.4 is 10.1 Å². The van der Waals surface area contributed by atoms with E-state index in [0.29, 0.717) is 22.6 Å². The molecule has 3 rings (SSSR count). The summed E-state index contributed by atoms with van der Waals surface area (Å²) in [6.07, 6.45) is 0.0265. The summed E-state index contributed by atoms with van der Waals surface area (Å²) in [6.45, 7) is 0.0337. The molecule has 3 amide bonds. The van der Waals surface area contributed by atoms with Crippen LogP contribution >= 0.6 is 15.9 Å². The van der Waals surface area contributed by atoms with Crippen LogP contribution in [0.5, 0.6) is 5.75 Å². The van der Waals surface area contributed by atoms with Gasteiger partial charge in [-0.3, -0.25) is 19.3 Å². The number of hydrogen-bond donors (Lipinski definition) is 1. The van der Waals surface area contributed by atoms with Gasteiger partial charge in [-0.15, -0.1) is 0 Å². The van der Waals surface area contributed by atoms with E-state index in [9.17, 15) is 14.4 Å². The van der Waals surface area contributed by atoms with Crippen molar-refractivity contribution in [3.63, 3.8) is 0 Å². The van der Waals surface area contributed by atoms with Crippen molar-refractivity contribution in [2.75, 3.05) is 19.0 Å². The summed E-state index contributed by atoms with van der Waals surface area (Å²) in [4.78, 5) is 37.8. The Morgan fingerprint density at radius 2 is 1.76 bits per heavy atom. The van der Waals surface area contributed by atoms with E-state index in [1.807, 2.05) is 0 Å². The van der Waals surface area contributed by atoms with Gasteiger partial charge in [-0.2, -0.15) is 0 Å². The molecule has 0 spiro atoms. The fourth-order valence-electron chi connectivity index (χ4n) is 2.58. The van der Waals surface area contributed by atoms with Crippen molar-refractivity contribution in [1.29, 1.82) is 0 Å². The minimum atomic E-state index is -0.376. The van der Waals surface area contributed by atoms with Crippen molar-refractivity contribution < 1.29 is 19.1 Å². The molecule has 0 saturated heterocycles. The molecule has 0 unspecified atom stereocenters. The SMILES string of the molecule is COc1ccc(NC(=O)CCN2C(=O)c3ccc(Br)cc3C2=O)cc1. The van der Waals surface area contributed by atoms with E-state index in [1.165, 1.54) is 0 Å². The van der Waals surface area contributed by atoms with Crippen LogP contribution in [0.4, 0.5) is 5.69 Å². The molecular weight excluding hydrogens is 388 g/mol. The quantitative estimate of drug-likeness (QED) is 0.779. The Hall–Kier alpha value is -2.67. The van der Waals surface area contributed by atoms with Gasteiger partial charge in [-0.05, 0) is 42.5 Å². The zero-order valence-electron chi connectivity index (χ0n) is 13.4. The van der Waals surface area contributed by atoms with Crippen LogP contribution in [-0.2, 0) is 4.79 Å². The van der Waals surface area contributed by atoms with Crippen molar-refractivity contribution in [2.24, 2.45) is 0 Å². The molecule has 0 radical (unpaired) electrons. The van der Waals surface area contributed by atoms with Crippen LogP contribution in [0.2, 0.25) is 0 Å². The van der Waals surface area contributed by atoms with Crippen molar-refractivity contribution >= 4 is 39.3 Å². The number of carbonyl (C=O) groups excluding carboxylic acids is 3. The van der Waals surface area contributed by atoms with Gasteiger partial charge in [0.15, 0.2) is 0 Å². The van der Waals surface area contributed by atoms with Crippen LogP contribution in [0, 0.1) is 0 Å². The molecule has 1 heterocycles. The predicted molar refractivity (Wildman–Crippen MR) is 95.7 cm³/mol. The molecular formula is C18H15BrN2O4. The highest BCUT2D eigenvalue weighted by Crippen LogP contribution is 2.26. The molecule has 7 heteroatoms. The minimum absolute atomic E-state index is 0.0265. The zero-order valence-corrected chi connectivity index (χ0v) is 15.0. The third kappa shape index (κ3) is 3.56.